The van der Waals surface area contributed by atoms with Crippen molar-refractivity contribution in [3.63, 3.8) is 0 Å². The summed E-state index contributed by atoms with van der Waals surface area (Å²) in [5.74, 6) is 1.10. The summed E-state index contributed by atoms with van der Waals surface area (Å²) in [5, 5.41) is 2.59. The molecule has 0 aliphatic heterocycles. The summed E-state index contributed by atoms with van der Waals surface area (Å²) in [6.45, 7) is 0. The number of anilines is 1. The molecule has 0 radical (unpaired) electrons. The summed E-state index contributed by atoms with van der Waals surface area (Å²) >= 11 is 0. The van der Waals surface area contributed by atoms with Gasteiger partial charge in [-0.05, 0) is 6.42 Å². The first-order valence-electron chi connectivity index (χ1n) is 7.69. The lowest BCUT2D eigenvalue weighted by Gasteiger charge is -2.03. The van der Waals surface area contributed by atoms with Gasteiger partial charge < -0.3 is 14.7 Å². The number of hydrogen-bond donors (Lipinski definition) is 2. The Kier molecular flexibility index (Phi) is 4.86. The average molecular weight is 323 g/mol. The number of hydrogen-bond acceptors (Lipinski definition) is 4. The van der Waals surface area contributed by atoms with E-state index in [2.05, 4.69) is 15.3 Å². The average Bonchev–Trinajstić information content (AvgIpc) is 3.07. The highest BCUT2D eigenvalue weighted by molar-refractivity contribution is 5.90. The van der Waals surface area contributed by atoms with Crippen LogP contribution in [0.4, 0.5) is 5.69 Å². The topological polar surface area (TPSA) is 88.0 Å². The number of nitrogens with zero attached hydrogens (tertiary/aromatic N) is 1. The van der Waals surface area contributed by atoms with E-state index in [4.69, 9.17) is 4.42 Å². The van der Waals surface area contributed by atoms with Crippen LogP contribution >= 0.6 is 0 Å². The molecular weight excluding hydrogens is 306 g/mol. The summed E-state index contributed by atoms with van der Waals surface area (Å²) in [4.78, 5) is 30.4. The molecule has 6 heteroatoms. The zero-order valence-electron chi connectivity index (χ0n) is 13.0. The predicted molar refractivity (Wildman–Crippen MR) is 90.6 cm³/mol. The first kappa shape index (κ1) is 15.7. The van der Waals surface area contributed by atoms with Crippen LogP contribution in [0.2, 0.25) is 0 Å². The van der Waals surface area contributed by atoms with Crippen LogP contribution in [-0.4, -0.2) is 15.9 Å². The van der Waals surface area contributed by atoms with Gasteiger partial charge >= 0.3 is 0 Å². The molecule has 0 atom stereocenters. The number of rotatable bonds is 6. The third-order valence-corrected chi connectivity index (χ3v) is 3.50. The lowest BCUT2D eigenvalue weighted by molar-refractivity contribution is -0.116. The number of benzene rings is 1. The molecule has 24 heavy (non-hydrogen) atoms. The van der Waals surface area contributed by atoms with Crippen molar-refractivity contribution in [1.82, 2.24) is 9.97 Å². The van der Waals surface area contributed by atoms with Gasteiger partial charge in [-0.3, -0.25) is 9.59 Å². The summed E-state index contributed by atoms with van der Waals surface area (Å²) < 4.78 is 5.69. The molecule has 1 aromatic carbocycles. The van der Waals surface area contributed by atoms with Crippen molar-refractivity contribution in [3.8, 4) is 11.3 Å². The van der Waals surface area contributed by atoms with Gasteiger partial charge in [0.1, 0.15) is 5.69 Å². The maximum atomic E-state index is 11.9. The monoisotopic (exact) mass is 323 g/mol. The van der Waals surface area contributed by atoms with Crippen LogP contribution in [0.1, 0.15) is 18.7 Å². The van der Waals surface area contributed by atoms with Crippen molar-refractivity contribution in [3.05, 3.63) is 71.1 Å². The molecule has 122 valence electrons. The standard InChI is InChI=1S/C18H17N3O3/c22-15-9-10-19-11-14(15)21-17(23)7-4-8-18-20-12-16(24-18)13-5-2-1-3-6-13/h1-3,5-6,9-12H,4,7-8H2,(H,19,22)(H,21,23). The summed E-state index contributed by atoms with van der Waals surface area (Å²) in [7, 11) is 0. The van der Waals surface area contributed by atoms with Crippen molar-refractivity contribution in [1.29, 1.82) is 0 Å². The van der Waals surface area contributed by atoms with Gasteiger partial charge in [0.2, 0.25) is 11.3 Å². The van der Waals surface area contributed by atoms with Crippen LogP contribution in [0, 0.1) is 0 Å². The molecule has 0 aliphatic rings. The Bertz CT molecular complexity index is 868. The zero-order valence-corrected chi connectivity index (χ0v) is 13.0. The maximum absolute atomic E-state index is 11.9. The van der Waals surface area contributed by atoms with Crippen LogP contribution in [0.25, 0.3) is 11.3 Å². The van der Waals surface area contributed by atoms with Gasteiger partial charge in [-0.25, -0.2) is 4.98 Å². The van der Waals surface area contributed by atoms with Crippen molar-refractivity contribution in [2.24, 2.45) is 0 Å². The van der Waals surface area contributed by atoms with Gasteiger partial charge in [0.25, 0.3) is 0 Å². The highest BCUT2D eigenvalue weighted by Crippen LogP contribution is 2.20. The van der Waals surface area contributed by atoms with Crippen LogP contribution in [0.15, 0.2) is 64.2 Å². The first-order chi connectivity index (χ1) is 11.7. The van der Waals surface area contributed by atoms with Crippen LogP contribution in [0.5, 0.6) is 0 Å². The summed E-state index contributed by atoms with van der Waals surface area (Å²) in [5.41, 5.74) is 1.00. The van der Waals surface area contributed by atoms with Crippen LogP contribution in [-0.2, 0) is 11.2 Å². The zero-order chi connectivity index (χ0) is 16.8. The molecule has 2 aromatic heterocycles. The molecule has 6 nitrogen and oxygen atoms in total. The van der Waals surface area contributed by atoms with E-state index in [1.165, 1.54) is 18.5 Å². The molecule has 1 amide bonds. The number of nitrogens with one attached hydrogen (secondary N) is 2. The molecule has 0 saturated carbocycles. The Morgan fingerprint density at radius 1 is 1.21 bits per heavy atom. The lowest BCUT2D eigenvalue weighted by Crippen LogP contribution is -2.17. The first-order valence-corrected chi connectivity index (χ1v) is 7.69. The minimum Gasteiger partial charge on any atom is -0.441 e. The molecule has 0 fully saturated rings. The van der Waals surface area contributed by atoms with Gasteiger partial charge in [-0.1, -0.05) is 30.3 Å². The Balaban J connectivity index is 1.50. The fourth-order valence-corrected chi connectivity index (χ4v) is 2.29. The third kappa shape index (κ3) is 3.98. The molecule has 0 bridgehead atoms. The minimum absolute atomic E-state index is 0.207. The Hall–Kier alpha value is -3.15. The van der Waals surface area contributed by atoms with Gasteiger partial charge in [0.15, 0.2) is 11.7 Å². The summed E-state index contributed by atoms with van der Waals surface area (Å²) in [6.07, 6.45) is 6.12. The van der Waals surface area contributed by atoms with Crippen molar-refractivity contribution >= 4 is 11.6 Å². The molecule has 3 aromatic rings. The largest absolute Gasteiger partial charge is 0.441 e. The molecular formula is C18H17N3O3. The highest BCUT2D eigenvalue weighted by atomic mass is 16.4. The molecule has 0 aliphatic carbocycles. The van der Waals surface area contributed by atoms with E-state index >= 15 is 0 Å². The van der Waals surface area contributed by atoms with Crippen molar-refractivity contribution < 1.29 is 9.21 Å². The normalized spacial score (nSPS) is 10.5. The number of aromatic amines is 1. The molecule has 2 N–H and O–H groups in total. The number of aromatic nitrogens is 2. The number of amides is 1. The summed E-state index contributed by atoms with van der Waals surface area (Å²) in [6, 6.07) is 11.1. The second kappa shape index (κ2) is 7.41. The Morgan fingerprint density at radius 3 is 2.83 bits per heavy atom. The molecule has 3 rings (SSSR count). The van der Waals surface area contributed by atoms with Gasteiger partial charge in [0, 0.05) is 36.9 Å². The predicted octanol–water partition coefficient (Wildman–Crippen LogP) is 2.99. The number of carbonyl (C=O) groups is 1. The minimum atomic E-state index is -0.220. The number of oxazole rings is 1. The van der Waals surface area contributed by atoms with E-state index < -0.39 is 0 Å². The molecule has 0 spiro atoms. The second-order valence-electron chi connectivity index (χ2n) is 5.31. The van der Waals surface area contributed by atoms with Crippen molar-refractivity contribution in [2.45, 2.75) is 19.3 Å². The number of pyridine rings is 1. The number of aryl methyl sites for hydroxylation is 1. The highest BCUT2D eigenvalue weighted by Gasteiger charge is 2.08. The quantitative estimate of drug-likeness (QED) is 0.730. The smallest absolute Gasteiger partial charge is 0.224 e. The van der Waals surface area contributed by atoms with E-state index in [0.29, 0.717) is 24.5 Å². The van der Waals surface area contributed by atoms with E-state index in [1.54, 1.807) is 6.20 Å². The van der Waals surface area contributed by atoms with Crippen LogP contribution in [0.3, 0.4) is 0 Å². The number of carbonyl (C=O) groups excluding carboxylic acids is 1. The molecule has 0 saturated heterocycles. The fraction of sp³-hybridized carbons (Fsp3) is 0.167. The Morgan fingerprint density at radius 2 is 2.04 bits per heavy atom. The van der Waals surface area contributed by atoms with Crippen molar-refractivity contribution in [2.75, 3.05) is 5.32 Å². The molecule has 0 unspecified atom stereocenters. The van der Waals surface area contributed by atoms with E-state index in [-0.39, 0.29) is 23.4 Å². The van der Waals surface area contributed by atoms with Gasteiger partial charge in [0.05, 0.1) is 6.20 Å². The lowest BCUT2D eigenvalue weighted by atomic mass is 10.2. The second-order valence-corrected chi connectivity index (χ2v) is 5.31. The van der Waals surface area contributed by atoms with E-state index in [9.17, 15) is 9.59 Å². The Labute approximate surface area is 138 Å². The third-order valence-electron chi connectivity index (χ3n) is 3.50. The van der Waals surface area contributed by atoms with Gasteiger partial charge in [-0.2, -0.15) is 0 Å². The van der Waals surface area contributed by atoms with Gasteiger partial charge in [-0.15, -0.1) is 0 Å². The van der Waals surface area contributed by atoms with E-state index in [1.807, 2.05) is 30.3 Å². The van der Waals surface area contributed by atoms with Crippen LogP contribution < -0.4 is 10.7 Å². The maximum Gasteiger partial charge on any atom is 0.224 e. The fourth-order valence-electron chi connectivity index (χ4n) is 2.29. The number of H-pyrrole nitrogens is 1. The molecule has 2 heterocycles. The van der Waals surface area contributed by atoms with E-state index in [0.717, 1.165) is 5.56 Å². The SMILES string of the molecule is O=C(CCCc1ncc(-c2ccccc2)o1)Nc1c[nH]ccc1=O.